The summed E-state index contributed by atoms with van der Waals surface area (Å²) < 4.78 is 26.8. The van der Waals surface area contributed by atoms with Crippen molar-refractivity contribution in [2.75, 3.05) is 23.1 Å². The molecular formula is C19H20N2O3S2. The highest BCUT2D eigenvalue weighted by Crippen LogP contribution is 2.36. The third-order valence-electron chi connectivity index (χ3n) is 4.78. The van der Waals surface area contributed by atoms with E-state index in [2.05, 4.69) is 5.32 Å². The van der Waals surface area contributed by atoms with Gasteiger partial charge in [0.25, 0.3) is 0 Å². The van der Waals surface area contributed by atoms with Crippen molar-refractivity contribution >= 4 is 33.4 Å². The van der Waals surface area contributed by atoms with Gasteiger partial charge in [-0.1, -0.05) is 36.4 Å². The van der Waals surface area contributed by atoms with Gasteiger partial charge in [-0.05, 0) is 36.1 Å². The highest BCUT2D eigenvalue weighted by molar-refractivity contribution is 8.01. The van der Waals surface area contributed by atoms with Crippen LogP contribution in [0.5, 0.6) is 0 Å². The smallest absolute Gasteiger partial charge is 0.236 e. The van der Waals surface area contributed by atoms with Crippen LogP contribution >= 0.6 is 11.8 Å². The van der Waals surface area contributed by atoms with E-state index < -0.39 is 10.0 Å². The third-order valence-corrected chi connectivity index (χ3v) is 7.87. The Bertz CT molecular complexity index is 918. The number of benzene rings is 2. The van der Waals surface area contributed by atoms with Gasteiger partial charge in [-0.2, -0.15) is 0 Å². The lowest BCUT2D eigenvalue weighted by Crippen LogP contribution is -2.39. The van der Waals surface area contributed by atoms with Gasteiger partial charge in [-0.15, -0.1) is 11.8 Å². The molecule has 1 unspecified atom stereocenters. The number of rotatable bonds is 5. The molecule has 5 nitrogen and oxygen atoms in total. The number of carbonyl (C=O) groups is 1. The zero-order valence-electron chi connectivity index (χ0n) is 14.2. The molecule has 2 heterocycles. The Morgan fingerprint density at radius 2 is 1.85 bits per heavy atom. The summed E-state index contributed by atoms with van der Waals surface area (Å²) in [6, 6.07) is 15.6. The largest absolute Gasteiger partial charge is 0.354 e. The van der Waals surface area contributed by atoms with E-state index in [1.165, 1.54) is 9.87 Å². The average Bonchev–Trinajstić information content (AvgIpc) is 3.26. The fourth-order valence-electron chi connectivity index (χ4n) is 3.45. The van der Waals surface area contributed by atoms with E-state index in [9.17, 15) is 13.2 Å². The summed E-state index contributed by atoms with van der Waals surface area (Å²) in [6.45, 7) is 0.608. The van der Waals surface area contributed by atoms with Gasteiger partial charge >= 0.3 is 0 Å². The van der Waals surface area contributed by atoms with Gasteiger partial charge in [0.2, 0.25) is 15.9 Å². The first-order valence-corrected chi connectivity index (χ1v) is 11.1. The van der Waals surface area contributed by atoms with Crippen molar-refractivity contribution in [2.24, 2.45) is 0 Å². The average molecular weight is 389 g/mol. The summed E-state index contributed by atoms with van der Waals surface area (Å²) in [4.78, 5) is 13.5. The van der Waals surface area contributed by atoms with Crippen molar-refractivity contribution in [1.82, 2.24) is 5.32 Å². The molecule has 1 N–H and O–H groups in total. The molecule has 2 aliphatic heterocycles. The molecular weight excluding hydrogens is 368 g/mol. The lowest BCUT2D eigenvalue weighted by atomic mass is 10.1. The molecule has 2 aliphatic rings. The van der Waals surface area contributed by atoms with Gasteiger partial charge in [0, 0.05) is 18.0 Å². The van der Waals surface area contributed by atoms with E-state index in [4.69, 9.17) is 0 Å². The second-order valence-corrected chi connectivity index (χ2v) is 9.73. The molecule has 4 rings (SSSR count). The first kappa shape index (κ1) is 17.4. The van der Waals surface area contributed by atoms with Gasteiger partial charge in [0.05, 0.1) is 16.7 Å². The van der Waals surface area contributed by atoms with Crippen LogP contribution in [0, 0.1) is 0 Å². The minimum atomic E-state index is -3.43. The molecule has 0 bridgehead atoms. The van der Waals surface area contributed by atoms with E-state index in [1.54, 1.807) is 11.8 Å². The van der Waals surface area contributed by atoms with E-state index in [0.717, 1.165) is 22.6 Å². The Morgan fingerprint density at radius 3 is 2.65 bits per heavy atom. The second kappa shape index (κ2) is 6.96. The molecule has 26 heavy (non-hydrogen) atoms. The predicted octanol–water partition coefficient (Wildman–Crippen LogP) is 2.21. The molecule has 0 fully saturated rings. The first-order valence-electron chi connectivity index (χ1n) is 8.65. The van der Waals surface area contributed by atoms with Crippen molar-refractivity contribution in [3.8, 4) is 0 Å². The van der Waals surface area contributed by atoms with Gasteiger partial charge < -0.3 is 5.32 Å². The number of hydrogen-bond acceptors (Lipinski definition) is 4. The number of para-hydroxylation sites is 1. The number of nitrogens with one attached hydrogen (secondary N) is 1. The van der Waals surface area contributed by atoms with Crippen LogP contribution in [0.15, 0.2) is 53.4 Å². The Morgan fingerprint density at radius 1 is 1.12 bits per heavy atom. The molecule has 1 amide bonds. The van der Waals surface area contributed by atoms with Crippen molar-refractivity contribution in [2.45, 2.75) is 23.0 Å². The molecule has 0 aliphatic carbocycles. The van der Waals surface area contributed by atoms with Crippen LogP contribution in [0.2, 0.25) is 0 Å². The summed E-state index contributed by atoms with van der Waals surface area (Å²) in [7, 11) is -3.43. The molecule has 0 radical (unpaired) electrons. The SMILES string of the molecule is O=C(NCCS(=O)(=O)N1CCc2ccccc21)C1Cc2ccccc2S1. The molecule has 0 spiro atoms. The molecule has 7 heteroatoms. The van der Waals surface area contributed by atoms with Gasteiger partial charge in [0.1, 0.15) is 0 Å². The summed E-state index contributed by atoms with van der Waals surface area (Å²) in [5.74, 6) is -0.180. The number of amides is 1. The monoisotopic (exact) mass is 388 g/mol. The van der Waals surface area contributed by atoms with Crippen LogP contribution in [0.1, 0.15) is 11.1 Å². The van der Waals surface area contributed by atoms with E-state index in [-0.39, 0.29) is 23.5 Å². The number of anilines is 1. The van der Waals surface area contributed by atoms with Crippen molar-refractivity contribution in [3.05, 3.63) is 59.7 Å². The predicted molar refractivity (Wildman–Crippen MR) is 104 cm³/mol. The number of carbonyl (C=O) groups excluding carboxylic acids is 1. The van der Waals surface area contributed by atoms with E-state index in [0.29, 0.717) is 13.0 Å². The van der Waals surface area contributed by atoms with Gasteiger partial charge in [0.15, 0.2) is 0 Å². The molecule has 136 valence electrons. The standard InChI is InChI=1S/C19H20N2O3S2/c22-19(18-13-15-6-2-4-8-17(15)25-18)20-10-12-26(23,24)21-11-9-14-5-1-3-7-16(14)21/h1-8,18H,9-13H2,(H,20,22). The molecule has 0 aromatic heterocycles. The number of hydrogen-bond donors (Lipinski definition) is 1. The van der Waals surface area contributed by atoms with Crippen molar-refractivity contribution in [1.29, 1.82) is 0 Å². The number of thioether (sulfide) groups is 1. The Labute approximate surface area is 157 Å². The second-order valence-electron chi connectivity index (χ2n) is 6.48. The normalized spacial score (nSPS) is 18.5. The van der Waals surface area contributed by atoms with Crippen LogP contribution in [0.3, 0.4) is 0 Å². The van der Waals surface area contributed by atoms with Crippen molar-refractivity contribution in [3.63, 3.8) is 0 Å². The Hall–Kier alpha value is -1.99. The summed E-state index contributed by atoms with van der Waals surface area (Å²) in [5, 5.41) is 2.62. The minimum Gasteiger partial charge on any atom is -0.354 e. The van der Waals surface area contributed by atoms with Crippen molar-refractivity contribution < 1.29 is 13.2 Å². The Balaban J connectivity index is 1.33. The highest BCUT2D eigenvalue weighted by Gasteiger charge is 2.30. The zero-order valence-corrected chi connectivity index (χ0v) is 15.9. The molecule has 0 saturated heterocycles. The summed E-state index contributed by atoms with van der Waals surface area (Å²) in [6.07, 6.45) is 1.43. The maximum atomic E-state index is 12.6. The zero-order chi connectivity index (χ0) is 18.1. The number of fused-ring (bicyclic) bond motifs is 2. The summed E-state index contributed by atoms with van der Waals surface area (Å²) in [5.41, 5.74) is 3.00. The van der Waals surface area contributed by atoms with Gasteiger partial charge in [-0.3, -0.25) is 9.10 Å². The number of sulfonamides is 1. The van der Waals surface area contributed by atoms with Gasteiger partial charge in [-0.25, -0.2) is 8.42 Å². The minimum absolute atomic E-state index is 0.0859. The van der Waals surface area contributed by atoms with Crippen LogP contribution in [0.4, 0.5) is 5.69 Å². The van der Waals surface area contributed by atoms with Crippen LogP contribution < -0.4 is 9.62 Å². The van der Waals surface area contributed by atoms with Crippen LogP contribution in [-0.4, -0.2) is 38.4 Å². The fraction of sp³-hybridized carbons (Fsp3) is 0.316. The molecule has 2 aromatic rings. The number of nitrogens with zero attached hydrogens (tertiary/aromatic N) is 1. The van der Waals surface area contributed by atoms with Crippen LogP contribution in [0.25, 0.3) is 0 Å². The molecule has 1 atom stereocenters. The molecule has 2 aromatic carbocycles. The van der Waals surface area contributed by atoms with Crippen LogP contribution in [-0.2, 0) is 27.7 Å². The van der Waals surface area contributed by atoms with E-state index >= 15 is 0 Å². The molecule has 0 saturated carbocycles. The third kappa shape index (κ3) is 3.33. The maximum absolute atomic E-state index is 12.6. The maximum Gasteiger partial charge on any atom is 0.236 e. The first-order chi connectivity index (χ1) is 12.5. The Kier molecular flexibility index (Phi) is 4.67. The fourth-order valence-corrected chi connectivity index (χ4v) is 6.10. The highest BCUT2D eigenvalue weighted by atomic mass is 32.2. The lowest BCUT2D eigenvalue weighted by Gasteiger charge is -2.20. The summed E-state index contributed by atoms with van der Waals surface area (Å²) >= 11 is 1.55. The quantitative estimate of drug-likeness (QED) is 0.853. The topological polar surface area (TPSA) is 66.5 Å². The lowest BCUT2D eigenvalue weighted by molar-refractivity contribution is -0.120. The van der Waals surface area contributed by atoms with E-state index in [1.807, 2.05) is 48.5 Å².